The number of aliphatic carboxylic acids is 1. The van der Waals surface area contributed by atoms with Crippen molar-refractivity contribution in [2.45, 2.75) is 52.1 Å². The molecule has 2 amide bonds. The first kappa shape index (κ1) is 17.8. The molecule has 1 saturated heterocycles. The molecule has 0 aromatic carbocycles. The molecule has 1 aliphatic heterocycles. The highest BCUT2D eigenvalue weighted by molar-refractivity contribution is 5.82. The van der Waals surface area contributed by atoms with Crippen molar-refractivity contribution in [3.63, 3.8) is 0 Å². The van der Waals surface area contributed by atoms with Crippen LogP contribution in [0.2, 0.25) is 0 Å². The average Bonchev–Trinajstić information content (AvgIpc) is 2.90. The Morgan fingerprint density at radius 2 is 2.10 bits per heavy atom. The third kappa shape index (κ3) is 4.88. The Labute approximate surface area is 127 Å². The van der Waals surface area contributed by atoms with Crippen molar-refractivity contribution in [3.05, 3.63) is 0 Å². The molecule has 0 aliphatic carbocycles. The molecule has 2 N–H and O–H groups in total. The SMILES string of the molecule is CCC(C)[C@H](NC(=O)N(C)CC1CCCN1CC)C(=O)O. The van der Waals surface area contributed by atoms with Gasteiger partial charge >= 0.3 is 12.0 Å². The number of carbonyl (C=O) groups is 2. The number of carboxylic acids is 1. The Balaban J connectivity index is 2.55. The summed E-state index contributed by atoms with van der Waals surface area (Å²) in [7, 11) is 1.73. The number of urea groups is 1. The quantitative estimate of drug-likeness (QED) is 0.749. The second-order valence-corrected chi connectivity index (χ2v) is 5.96. The van der Waals surface area contributed by atoms with E-state index in [0.29, 0.717) is 19.0 Å². The highest BCUT2D eigenvalue weighted by Crippen LogP contribution is 2.17. The van der Waals surface area contributed by atoms with Gasteiger partial charge in [-0.15, -0.1) is 0 Å². The maximum absolute atomic E-state index is 12.2. The summed E-state index contributed by atoms with van der Waals surface area (Å²) in [6, 6.07) is -0.737. The standard InChI is InChI=1S/C15H29N3O3/c1-5-11(3)13(14(19)20)16-15(21)17(4)10-12-8-7-9-18(12)6-2/h11-13H,5-10H2,1-4H3,(H,16,21)(H,19,20)/t11?,12?,13-/m0/s1. The van der Waals surface area contributed by atoms with E-state index >= 15 is 0 Å². The van der Waals surface area contributed by atoms with Gasteiger partial charge in [-0.25, -0.2) is 9.59 Å². The molecule has 0 saturated carbocycles. The lowest BCUT2D eigenvalue weighted by atomic mass is 9.99. The van der Waals surface area contributed by atoms with E-state index in [-0.39, 0.29) is 11.9 Å². The molecule has 3 atom stereocenters. The number of carbonyl (C=O) groups excluding carboxylic acids is 1. The molecule has 122 valence electrons. The maximum Gasteiger partial charge on any atom is 0.326 e. The molecular formula is C15H29N3O3. The van der Waals surface area contributed by atoms with Crippen LogP contribution in [0.1, 0.15) is 40.0 Å². The van der Waals surface area contributed by atoms with Crippen LogP contribution in [-0.4, -0.2) is 65.7 Å². The Morgan fingerprint density at radius 1 is 1.43 bits per heavy atom. The largest absolute Gasteiger partial charge is 0.480 e. The Bertz CT molecular complexity index is 362. The fourth-order valence-corrected chi connectivity index (χ4v) is 2.84. The van der Waals surface area contributed by atoms with E-state index in [2.05, 4.69) is 17.1 Å². The first-order valence-electron chi connectivity index (χ1n) is 7.89. The third-order valence-corrected chi connectivity index (χ3v) is 4.49. The average molecular weight is 299 g/mol. The summed E-state index contributed by atoms with van der Waals surface area (Å²) in [6.45, 7) is 8.61. The predicted molar refractivity (Wildman–Crippen MR) is 82.3 cm³/mol. The molecule has 0 aromatic rings. The van der Waals surface area contributed by atoms with Crippen molar-refractivity contribution in [2.24, 2.45) is 5.92 Å². The summed E-state index contributed by atoms with van der Waals surface area (Å²) in [4.78, 5) is 27.4. The number of nitrogens with one attached hydrogen (secondary N) is 1. The van der Waals surface area contributed by atoms with Crippen LogP contribution in [0.15, 0.2) is 0 Å². The van der Waals surface area contributed by atoms with E-state index in [1.807, 2.05) is 13.8 Å². The fourth-order valence-electron chi connectivity index (χ4n) is 2.84. The van der Waals surface area contributed by atoms with E-state index in [0.717, 1.165) is 19.5 Å². The minimum Gasteiger partial charge on any atom is -0.480 e. The van der Waals surface area contributed by atoms with Crippen LogP contribution in [0, 0.1) is 5.92 Å². The molecule has 6 heteroatoms. The van der Waals surface area contributed by atoms with E-state index in [1.54, 1.807) is 11.9 Å². The molecule has 1 rings (SSSR count). The lowest BCUT2D eigenvalue weighted by Gasteiger charge is -2.29. The Morgan fingerprint density at radius 3 is 2.62 bits per heavy atom. The summed E-state index contributed by atoms with van der Waals surface area (Å²) in [5.41, 5.74) is 0. The van der Waals surface area contributed by atoms with E-state index < -0.39 is 12.0 Å². The molecule has 2 unspecified atom stereocenters. The van der Waals surface area contributed by atoms with Crippen LogP contribution in [-0.2, 0) is 4.79 Å². The monoisotopic (exact) mass is 299 g/mol. The van der Waals surface area contributed by atoms with Gasteiger partial charge in [0, 0.05) is 19.6 Å². The number of hydrogen-bond donors (Lipinski definition) is 2. The molecule has 6 nitrogen and oxygen atoms in total. The van der Waals surface area contributed by atoms with E-state index in [1.165, 1.54) is 6.42 Å². The topological polar surface area (TPSA) is 72.9 Å². The van der Waals surface area contributed by atoms with Crippen molar-refractivity contribution >= 4 is 12.0 Å². The Hall–Kier alpha value is -1.30. The van der Waals surface area contributed by atoms with Crippen LogP contribution in [0.5, 0.6) is 0 Å². The van der Waals surface area contributed by atoms with Gasteiger partial charge in [-0.2, -0.15) is 0 Å². The number of rotatable bonds is 7. The molecule has 0 spiro atoms. The van der Waals surface area contributed by atoms with Crippen LogP contribution in [0.3, 0.4) is 0 Å². The van der Waals surface area contributed by atoms with Crippen molar-refractivity contribution < 1.29 is 14.7 Å². The molecule has 0 aromatic heterocycles. The van der Waals surface area contributed by atoms with Gasteiger partial charge in [0.05, 0.1) is 0 Å². The number of likely N-dealkylation sites (N-methyl/N-ethyl adjacent to an activating group) is 2. The van der Waals surface area contributed by atoms with Gasteiger partial charge in [-0.1, -0.05) is 27.2 Å². The molecular weight excluding hydrogens is 270 g/mol. The third-order valence-electron chi connectivity index (χ3n) is 4.49. The zero-order valence-corrected chi connectivity index (χ0v) is 13.6. The van der Waals surface area contributed by atoms with E-state index in [4.69, 9.17) is 0 Å². The number of nitrogens with zero attached hydrogens (tertiary/aromatic N) is 2. The minimum atomic E-state index is -0.970. The van der Waals surface area contributed by atoms with E-state index in [9.17, 15) is 14.7 Å². The highest BCUT2D eigenvalue weighted by atomic mass is 16.4. The highest BCUT2D eigenvalue weighted by Gasteiger charge is 2.29. The molecule has 0 radical (unpaired) electrons. The van der Waals surface area contributed by atoms with Crippen LogP contribution in [0.4, 0.5) is 4.79 Å². The molecule has 1 aliphatic rings. The molecule has 1 heterocycles. The number of amides is 2. The van der Waals surface area contributed by atoms with Gasteiger partial charge < -0.3 is 15.3 Å². The fraction of sp³-hybridized carbons (Fsp3) is 0.867. The van der Waals surface area contributed by atoms with Gasteiger partial charge in [-0.05, 0) is 31.8 Å². The summed E-state index contributed by atoms with van der Waals surface area (Å²) in [6.07, 6.45) is 2.98. The van der Waals surface area contributed by atoms with Crippen molar-refractivity contribution in [1.82, 2.24) is 15.1 Å². The molecule has 0 bridgehead atoms. The van der Waals surface area contributed by atoms with Crippen molar-refractivity contribution in [1.29, 1.82) is 0 Å². The van der Waals surface area contributed by atoms with Crippen molar-refractivity contribution in [3.8, 4) is 0 Å². The smallest absolute Gasteiger partial charge is 0.326 e. The van der Waals surface area contributed by atoms with Gasteiger partial charge in [0.25, 0.3) is 0 Å². The first-order valence-corrected chi connectivity index (χ1v) is 7.89. The van der Waals surface area contributed by atoms with Crippen molar-refractivity contribution in [2.75, 3.05) is 26.7 Å². The van der Waals surface area contributed by atoms with Crippen LogP contribution >= 0.6 is 0 Å². The second kappa shape index (κ2) is 8.22. The van der Waals surface area contributed by atoms with Gasteiger partial charge in [0.2, 0.25) is 0 Å². The number of hydrogen-bond acceptors (Lipinski definition) is 3. The normalized spacial score (nSPS) is 21.8. The Kier molecular flexibility index (Phi) is 6.95. The lowest BCUT2D eigenvalue weighted by molar-refractivity contribution is -0.140. The summed E-state index contributed by atoms with van der Waals surface area (Å²) in [5, 5.41) is 11.9. The van der Waals surface area contributed by atoms with Gasteiger partial charge in [-0.3, -0.25) is 4.90 Å². The second-order valence-electron chi connectivity index (χ2n) is 5.96. The number of likely N-dealkylation sites (tertiary alicyclic amines) is 1. The summed E-state index contributed by atoms with van der Waals surface area (Å²) < 4.78 is 0. The predicted octanol–water partition coefficient (Wildman–Crippen LogP) is 1.61. The molecule has 21 heavy (non-hydrogen) atoms. The lowest BCUT2D eigenvalue weighted by Crippen LogP contribution is -2.51. The first-order chi connectivity index (χ1) is 9.90. The van der Waals surface area contributed by atoms with Gasteiger partial charge in [0.15, 0.2) is 0 Å². The maximum atomic E-state index is 12.2. The summed E-state index contributed by atoms with van der Waals surface area (Å²) in [5.74, 6) is -1.05. The number of carboxylic acid groups (broad SMARTS) is 1. The minimum absolute atomic E-state index is 0.0847. The van der Waals surface area contributed by atoms with Crippen LogP contribution < -0.4 is 5.32 Å². The molecule has 1 fully saturated rings. The summed E-state index contributed by atoms with van der Waals surface area (Å²) >= 11 is 0. The zero-order chi connectivity index (χ0) is 16.0. The zero-order valence-electron chi connectivity index (χ0n) is 13.6. The van der Waals surface area contributed by atoms with Crippen LogP contribution in [0.25, 0.3) is 0 Å². The van der Waals surface area contributed by atoms with Gasteiger partial charge in [0.1, 0.15) is 6.04 Å².